The molecular weight excluding hydrogens is 252 g/mol. The fraction of sp³-hybridized carbons (Fsp3) is 0.562. The number of carbonyl (C=O) groups excluding carboxylic acids is 1. The van der Waals surface area contributed by atoms with Crippen molar-refractivity contribution in [3.05, 3.63) is 35.9 Å². The number of hydrogen-bond acceptors (Lipinski definition) is 2. The summed E-state index contributed by atoms with van der Waals surface area (Å²) in [5.74, 6) is 0.0878. The van der Waals surface area contributed by atoms with Crippen LogP contribution in [0, 0.1) is 5.41 Å². The van der Waals surface area contributed by atoms with Gasteiger partial charge < -0.3 is 4.43 Å². The van der Waals surface area contributed by atoms with Crippen LogP contribution >= 0.6 is 0 Å². The number of benzene rings is 1. The highest BCUT2D eigenvalue weighted by molar-refractivity contribution is 6.69. The summed E-state index contributed by atoms with van der Waals surface area (Å²) in [6.45, 7) is 12.9. The quantitative estimate of drug-likeness (QED) is 0.753. The van der Waals surface area contributed by atoms with Crippen LogP contribution < -0.4 is 0 Å². The van der Waals surface area contributed by atoms with Crippen LogP contribution in [0.4, 0.5) is 0 Å². The minimum absolute atomic E-state index is 0.159. The molecule has 0 aliphatic rings. The third kappa shape index (κ3) is 5.29. The number of rotatable bonds is 5. The molecule has 3 heteroatoms. The third-order valence-electron chi connectivity index (χ3n) is 2.94. The summed E-state index contributed by atoms with van der Waals surface area (Å²) in [7, 11) is -1.61. The Morgan fingerprint density at radius 1 is 1.16 bits per heavy atom. The van der Waals surface area contributed by atoms with Crippen molar-refractivity contribution in [2.24, 2.45) is 5.41 Å². The van der Waals surface area contributed by atoms with Crippen molar-refractivity contribution >= 4 is 14.1 Å². The second-order valence-electron chi connectivity index (χ2n) is 7.00. The van der Waals surface area contributed by atoms with Gasteiger partial charge >= 0.3 is 0 Å². The van der Waals surface area contributed by atoms with Crippen molar-refractivity contribution in [3.8, 4) is 0 Å². The van der Waals surface area contributed by atoms with Crippen molar-refractivity contribution in [1.82, 2.24) is 0 Å². The largest absolute Gasteiger partial charge is 0.417 e. The van der Waals surface area contributed by atoms with Crippen LogP contribution in [0.5, 0.6) is 0 Å². The first-order chi connectivity index (χ1) is 8.61. The monoisotopic (exact) mass is 278 g/mol. The summed E-state index contributed by atoms with van der Waals surface area (Å²) in [6.07, 6.45) is 0. The van der Waals surface area contributed by atoms with E-state index in [4.69, 9.17) is 4.43 Å². The predicted octanol–water partition coefficient (Wildman–Crippen LogP) is 4.24. The van der Waals surface area contributed by atoms with E-state index in [0.717, 1.165) is 5.56 Å². The average molecular weight is 278 g/mol. The van der Waals surface area contributed by atoms with E-state index in [-0.39, 0.29) is 17.1 Å². The Morgan fingerprint density at radius 2 is 1.68 bits per heavy atom. The van der Waals surface area contributed by atoms with Gasteiger partial charge in [-0.25, -0.2) is 0 Å². The molecule has 0 saturated heterocycles. The summed E-state index contributed by atoms with van der Waals surface area (Å²) in [5, 5.41) is 0. The van der Waals surface area contributed by atoms with Gasteiger partial charge in [0.2, 0.25) is 0 Å². The zero-order chi connectivity index (χ0) is 14.7. The fourth-order valence-electron chi connectivity index (χ4n) is 1.86. The molecule has 19 heavy (non-hydrogen) atoms. The molecule has 0 aromatic heterocycles. The maximum Gasteiger partial charge on any atom is 0.183 e. The van der Waals surface area contributed by atoms with E-state index in [9.17, 15) is 4.79 Å². The zero-order valence-electron chi connectivity index (χ0n) is 13.0. The van der Waals surface area contributed by atoms with Gasteiger partial charge in [0.25, 0.3) is 0 Å². The molecule has 106 valence electrons. The van der Waals surface area contributed by atoms with Crippen LogP contribution in [0.25, 0.3) is 0 Å². The van der Waals surface area contributed by atoms with Crippen LogP contribution in [0.2, 0.25) is 19.6 Å². The number of carbonyl (C=O) groups is 1. The van der Waals surface area contributed by atoms with Crippen LogP contribution in [-0.2, 0) is 9.22 Å². The molecule has 0 amide bonds. The summed E-state index contributed by atoms with van der Waals surface area (Å²) < 4.78 is 5.98. The van der Waals surface area contributed by atoms with E-state index in [1.165, 1.54) is 0 Å². The molecule has 2 nitrogen and oxygen atoms in total. The fourth-order valence-corrected chi connectivity index (χ4v) is 2.53. The molecule has 1 unspecified atom stereocenters. The van der Waals surface area contributed by atoms with Crippen molar-refractivity contribution in [1.29, 1.82) is 0 Å². The lowest BCUT2D eigenvalue weighted by molar-refractivity contribution is -0.128. The van der Waals surface area contributed by atoms with E-state index in [1.807, 2.05) is 51.1 Å². The van der Waals surface area contributed by atoms with E-state index in [2.05, 4.69) is 19.6 Å². The zero-order valence-corrected chi connectivity index (χ0v) is 14.0. The van der Waals surface area contributed by atoms with Crippen molar-refractivity contribution in [2.45, 2.75) is 46.3 Å². The van der Waals surface area contributed by atoms with E-state index in [1.54, 1.807) is 0 Å². The van der Waals surface area contributed by atoms with Gasteiger partial charge in [-0.1, -0.05) is 51.1 Å². The lowest BCUT2D eigenvalue weighted by Gasteiger charge is -2.27. The maximum absolute atomic E-state index is 12.6. The summed E-state index contributed by atoms with van der Waals surface area (Å²) in [5.41, 5.74) is 0.712. The lowest BCUT2D eigenvalue weighted by Crippen LogP contribution is -2.34. The van der Waals surface area contributed by atoms with Crippen LogP contribution in [-0.4, -0.2) is 20.7 Å². The molecule has 0 N–H and O–H groups in total. The Morgan fingerprint density at radius 3 is 2.11 bits per heavy atom. The molecular formula is C16H26O2Si. The van der Waals surface area contributed by atoms with Gasteiger partial charge in [0.15, 0.2) is 8.32 Å². The van der Waals surface area contributed by atoms with Crippen LogP contribution in [0.1, 0.15) is 32.3 Å². The highest BCUT2D eigenvalue weighted by Gasteiger charge is 2.32. The Kier molecular flexibility index (Phi) is 5.10. The smallest absolute Gasteiger partial charge is 0.183 e. The topological polar surface area (TPSA) is 26.3 Å². The van der Waals surface area contributed by atoms with E-state index < -0.39 is 8.32 Å². The predicted molar refractivity (Wildman–Crippen MR) is 82.9 cm³/mol. The number of hydrogen-bond donors (Lipinski definition) is 0. The number of Topliss-reactive ketones (excluding diaryl/α,β-unsaturated/α-hetero) is 1. The average Bonchev–Trinajstić information content (AvgIpc) is 2.27. The molecule has 1 atom stereocenters. The Hall–Kier alpha value is -0.933. The maximum atomic E-state index is 12.6. The summed E-state index contributed by atoms with van der Waals surface area (Å²) in [6, 6.07) is 9.96. The molecule has 1 rings (SSSR count). The number of ketones is 1. The SMILES string of the molecule is CC(C)(C)C(=O)C(CO[Si](C)(C)C)c1ccccc1. The first-order valence-corrected chi connectivity index (χ1v) is 10.3. The normalized spacial score (nSPS) is 14.2. The van der Waals surface area contributed by atoms with E-state index in [0.29, 0.717) is 6.61 Å². The first kappa shape index (κ1) is 16.1. The molecule has 0 aliphatic carbocycles. The van der Waals surface area contributed by atoms with Crippen LogP contribution in [0.15, 0.2) is 30.3 Å². The molecule has 0 saturated carbocycles. The molecule has 0 bridgehead atoms. The minimum Gasteiger partial charge on any atom is -0.417 e. The van der Waals surface area contributed by atoms with Gasteiger partial charge in [0.1, 0.15) is 5.78 Å². The Balaban J connectivity index is 2.96. The standard InChI is InChI=1S/C16H26O2Si/c1-16(2,3)15(17)14(12-18-19(4,5)6)13-10-8-7-9-11-13/h7-11,14H,12H2,1-6H3. The van der Waals surface area contributed by atoms with Gasteiger partial charge in [-0.05, 0) is 25.2 Å². The lowest BCUT2D eigenvalue weighted by atomic mass is 9.80. The molecule has 0 spiro atoms. The van der Waals surface area contributed by atoms with Gasteiger partial charge in [-0.15, -0.1) is 0 Å². The summed E-state index contributed by atoms with van der Waals surface area (Å²) in [4.78, 5) is 12.6. The Labute approximate surface area is 118 Å². The van der Waals surface area contributed by atoms with E-state index >= 15 is 0 Å². The highest BCUT2D eigenvalue weighted by atomic mass is 28.4. The highest BCUT2D eigenvalue weighted by Crippen LogP contribution is 2.28. The summed E-state index contributed by atoms with van der Waals surface area (Å²) >= 11 is 0. The first-order valence-electron chi connectivity index (χ1n) is 6.84. The van der Waals surface area contributed by atoms with Gasteiger partial charge in [-0.3, -0.25) is 4.79 Å². The van der Waals surface area contributed by atoms with Crippen LogP contribution in [0.3, 0.4) is 0 Å². The molecule has 0 heterocycles. The van der Waals surface area contributed by atoms with Gasteiger partial charge in [0, 0.05) is 12.0 Å². The molecule has 0 aliphatic heterocycles. The van der Waals surface area contributed by atoms with Crippen molar-refractivity contribution in [2.75, 3.05) is 6.61 Å². The van der Waals surface area contributed by atoms with Gasteiger partial charge in [-0.2, -0.15) is 0 Å². The minimum atomic E-state index is -1.61. The second-order valence-corrected chi connectivity index (χ2v) is 11.5. The molecule has 1 aromatic rings. The third-order valence-corrected chi connectivity index (χ3v) is 3.97. The Bertz CT molecular complexity index is 413. The van der Waals surface area contributed by atoms with Crippen molar-refractivity contribution in [3.63, 3.8) is 0 Å². The second kappa shape index (κ2) is 6.01. The molecule has 0 fully saturated rings. The van der Waals surface area contributed by atoms with Gasteiger partial charge in [0.05, 0.1) is 5.92 Å². The molecule has 0 radical (unpaired) electrons. The van der Waals surface area contributed by atoms with Crippen molar-refractivity contribution < 1.29 is 9.22 Å². The molecule has 1 aromatic carbocycles.